The summed E-state index contributed by atoms with van der Waals surface area (Å²) in [7, 11) is 0. The second kappa shape index (κ2) is 6.13. The highest BCUT2D eigenvalue weighted by atomic mass is 79.9. The van der Waals surface area contributed by atoms with E-state index in [0.29, 0.717) is 18.5 Å². The highest BCUT2D eigenvalue weighted by Gasteiger charge is 2.13. The number of hydrogen-bond donors (Lipinski definition) is 1. The van der Waals surface area contributed by atoms with Gasteiger partial charge in [-0.25, -0.2) is 4.98 Å². The molecule has 0 aliphatic carbocycles. The number of carbonyl (C=O) groups excluding carboxylic acids is 1. The summed E-state index contributed by atoms with van der Waals surface area (Å²) in [6.07, 6.45) is 2.66. The van der Waals surface area contributed by atoms with Gasteiger partial charge in [-0.2, -0.15) is 0 Å². The molecule has 1 aromatic carbocycles. The Bertz CT molecular complexity index is 658. The number of hydrogen-bond acceptors (Lipinski definition) is 4. The van der Waals surface area contributed by atoms with Crippen LogP contribution < -0.4 is 14.8 Å². The Hall–Kier alpha value is -2.08. The molecule has 0 saturated carbocycles. The van der Waals surface area contributed by atoms with Crippen LogP contribution in [0.2, 0.25) is 0 Å². The summed E-state index contributed by atoms with van der Waals surface area (Å²) >= 11 is 3.25. The van der Waals surface area contributed by atoms with Crippen LogP contribution in [0, 0.1) is 0 Å². The van der Waals surface area contributed by atoms with Gasteiger partial charge in [-0.15, -0.1) is 0 Å². The first-order valence-electron chi connectivity index (χ1n) is 6.51. The van der Waals surface area contributed by atoms with Crippen molar-refractivity contribution in [2.45, 2.75) is 12.8 Å². The number of benzene rings is 1. The third-order valence-corrected chi connectivity index (χ3v) is 3.56. The largest absolute Gasteiger partial charge is 0.454 e. The highest BCUT2D eigenvalue weighted by Crippen LogP contribution is 2.32. The first-order chi connectivity index (χ1) is 10.2. The van der Waals surface area contributed by atoms with E-state index in [4.69, 9.17) is 9.47 Å². The first kappa shape index (κ1) is 13.9. The molecule has 21 heavy (non-hydrogen) atoms. The lowest BCUT2D eigenvalue weighted by Gasteiger charge is -2.05. The summed E-state index contributed by atoms with van der Waals surface area (Å²) in [5.74, 6) is 1.45. The van der Waals surface area contributed by atoms with Gasteiger partial charge in [0.2, 0.25) is 12.7 Å². The summed E-state index contributed by atoms with van der Waals surface area (Å²) < 4.78 is 11.3. The fraction of sp³-hybridized carbons (Fsp3) is 0.200. The molecule has 2 aromatic rings. The standard InChI is InChI=1S/C15H13BrN2O3/c16-14-5-3-11(8-17-14)18-15(19)6-2-10-1-4-12-13(7-10)21-9-20-12/h1,3-5,7-8H,2,6,9H2,(H,18,19). The van der Waals surface area contributed by atoms with Crippen LogP contribution in [0.3, 0.4) is 0 Å². The summed E-state index contributed by atoms with van der Waals surface area (Å²) in [4.78, 5) is 16.0. The molecule has 0 spiro atoms. The van der Waals surface area contributed by atoms with Gasteiger partial charge in [-0.05, 0) is 52.2 Å². The smallest absolute Gasteiger partial charge is 0.231 e. The lowest BCUT2D eigenvalue weighted by molar-refractivity contribution is -0.116. The van der Waals surface area contributed by atoms with Gasteiger partial charge >= 0.3 is 0 Å². The Balaban J connectivity index is 1.55. The van der Waals surface area contributed by atoms with Crippen LogP contribution in [0.4, 0.5) is 5.69 Å². The number of ether oxygens (including phenoxy) is 2. The van der Waals surface area contributed by atoms with Crippen molar-refractivity contribution in [3.05, 3.63) is 46.7 Å². The number of amides is 1. The van der Waals surface area contributed by atoms with E-state index in [0.717, 1.165) is 21.7 Å². The van der Waals surface area contributed by atoms with Crippen LogP contribution in [-0.2, 0) is 11.2 Å². The summed E-state index contributed by atoms with van der Waals surface area (Å²) in [5, 5.41) is 2.81. The normalized spacial score (nSPS) is 12.2. The van der Waals surface area contributed by atoms with E-state index >= 15 is 0 Å². The molecule has 0 fully saturated rings. The van der Waals surface area contributed by atoms with Crippen LogP contribution in [0.15, 0.2) is 41.1 Å². The van der Waals surface area contributed by atoms with Crippen molar-refractivity contribution >= 4 is 27.5 Å². The van der Waals surface area contributed by atoms with Gasteiger partial charge in [0, 0.05) is 6.42 Å². The van der Waals surface area contributed by atoms with Crippen LogP contribution in [0.5, 0.6) is 11.5 Å². The fourth-order valence-corrected chi connectivity index (χ4v) is 2.26. The monoisotopic (exact) mass is 348 g/mol. The van der Waals surface area contributed by atoms with E-state index in [2.05, 4.69) is 26.2 Å². The number of nitrogens with zero attached hydrogens (tertiary/aromatic N) is 1. The van der Waals surface area contributed by atoms with Crippen LogP contribution in [0.1, 0.15) is 12.0 Å². The summed E-state index contributed by atoms with van der Waals surface area (Å²) in [6.45, 7) is 0.260. The van der Waals surface area contributed by atoms with E-state index in [1.807, 2.05) is 18.2 Å². The summed E-state index contributed by atoms with van der Waals surface area (Å²) in [5.41, 5.74) is 1.73. The second-order valence-electron chi connectivity index (χ2n) is 4.61. The van der Waals surface area contributed by atoms with Crippen molar-refractivity contribution in [2.24, 2.45) is 0 Å². The molecule has 5 nitrogen and oxygen atoms in total. The molecule has 1 aromatic heterocycles. The Morgan fingerprint density at radius 3 is 2.90 bits per heavy atom. The first-order valence-corrected chi connectivity index (χ1v) is 7.30. The molecule has 108 valence electrons. The number of nitrogens with one attached hydrogen (secondary N) is 1. The lowest BCUT2D eigenvalue weighted by atomic mass is 10.1. The maximum Gasteiger partial charge on any atom is 0.231 e. The van der Waals surface area contributed by atoms with E-state index in [9.17, 15) is 4.79 Å². The van der Waals surface area contributed by atoms with Crippen molar-refractivity contribution in [1.82, 2.24) is 4.98 Å². The van der Waals surface area contributed by atoms with E-state index in [-0.39, 0.29) is 12.7 Å². The number of aromatic nitrogens is 1. The molecule has 0 radical (unpaired) electrons. The fourth-order valence-electron chi connectivity index (χ4n) is 2.03. The Labute approximate surface area is 130 Å². The molecule has 0 bridgehead atoms. The molecule has 1 N–H and O–H groups in total. The summed E-state index contributed by atoms with van der Waals surface area (Å²) in [6, 6.07) is 9.32. The molecule has 0 saturated heterocycles. The van der Waals surface area contributed by atoms with Crippen LogP contribution in [0.25, 0.3) is 0 Å². The highest BCUT2D eigenvalue weighted by molar-refractivity contribution is 9.10. The Morgan fingerprint density at radius 1 is 1.24 bits per heavy atom. The number of fused-ring (bicyclic) bond motifs is 1. The quantitative estimate of drug-likeness (QED) is 0.862. The van der Waals surface area contributed by atoms with Gasteiger partial charge in [0.05, 0.1) is 11.9 Å². The molecular formula is C15H13BrN2O3. The molecule has 0 unspecified atom stereocenters. The molecule has 2 heterocycles. The maximum atomic E-state index is 11.9. The Morgan fingerprint density at radius 2 is 2.10 bits per heavy atom. The van der Waals surface area contributed by atoms with Crippen LogP contribution >= 0.6 is 15.9 Å². The van der Waals surface area contributed by atoms with Crippen molar-refractivity contribution in [1.29, 1.82) is 0 Å². The lowest BCUT2D eigenvalue weighted by Crippen LogP contribution is -2.12. The van der Waals surface area contributed by atoms with E-state index < -0.39 is 0 Å². The predicted molar refractivity (Wildman–Crippen MR) is 81.5 cm³/mol. The van der Waals surface area contributed by atoms with Gasteiger partial charge < -0.3 is 14.8 Å². The molecule has 1 amide bonds. The minimum Gasteiger partial charge on any atom is -0.454 e. The third-order valence-electron chi connectivity index (χ3n) is 3.09. The number of carbonyl (C=O) groups is 1. The number of anilines is 1. The average molecular weight is 349 g/mol. The molecule has 6 heteroatoms. The van der Waals surface area contributed by atoms with Crippen molar-refractivity contribution in [2.75, 3.05) is 12.1 Å². The van der Waals surface area contributed by atoms with Gasteiger partial charge in [-0.3, -0.25) is 4.79 Å². The zero-order valence-electron chi connectivity index (χ0n) is 11.1. The zero-order chi connectivity index (χ0) is 14.7. The van der Waals surface area contributed by atoms with Gasteiger partial charge in [0.1, 0.15) is 4.60 Å². The second-order valence-corrected chi connectivity index (χ2v) is 5.42. The van der Waals surface area contributed by atoms with Crippen molar-refractivity contribution < 1.29 is 14.3 Å². The average Bonchev–Trinajstić information content (AvgIpc) is 2.95. The van der Waals surface area contributed by atoms with Gasteiger partial charge in [-0.1, -0.05) is 6.07 Å². The van der Waals surface area contributed by atoms with Crippen molar-refractivity contribution in [3.63, 3.8) is 0 Å². The van der Waals surface area contributed by atoms with E-state index in [1.54, 1.807) is 18.3 Å². The number of halogens is 1. The molecule has 3 rings (SSSR count). The van der Waals surface area contributed by atoms with Crippen molar-refractivity contribution in [3.8, 4) is 11.5 Å². The number of pyridine rings is 1. The minimum absolute atomic E-state index is 0.0446. The molecule has 1 aliphatic heterocycles. The number of aryl methyl sites for hydroxylation is 1. The molecule has 1 aliphatic rings. The third kappa shape index (κ3) is 3.52. The van der Waals surface area contributed by atoms with Crippen LogP contribution in [-0.4, -0.2) is 17.7 Å². The predicted octanol–water partition coefficient (Wildman–Crippen LogP) is 3.14. The molecular weight excluding hydrogens is 336 g/mol. The Kier molecular flexibility index (Phi) is 4.06. The zero-order valence-corrected chi connectivity index (χ0v) is 12.7. The minimum atomic E-state index is -0.0446. The topological polar surface area (TPSA) is 60.5 Å². The number of rotatable bonds is 4. The maximum absolute atomic E-state index is 11.9. The van der Waals surface area contributed by atoms with Gasteiger partial charge in [0.15, 0.2) is 11.5 Å². The molecule has 0 atom stereocenters. The SMILES string of the molecule is O=C(CCc1ccc2c(c1)OCO2)Nc1ccc(Br)nc1. The van der Waals surface area contributed by atoms with Gasteiger partial charge in [0.25, 0.3) is 0 Å². The van der Waals surface area contributed by atoms with E-state index in [1.165, 1.54) is 0 Å².